The lowest BCUT2D eigenvalue weighted by molar-refractivity contribution is 0.455. The average Bonchev–Trinajstić information content (AvgIpc) is 2.87. The van der Waals surface area contributed by atoms with Crippen molar-refractivity contribution in [2.24, 2.45) is 0 Å². The molecule has 0 aliphatic rings. The third-order valence-electron chi connectivity index (χ3n) is 6.47. The number of anilines is 2. The zero-order valence-corrected chi connectivity index (χ0v) is 22.3. The molecule has 0 aliphatic carbocycles. The van der Waals surface area contributed by atoms with Crippen LogP contribution in [0.25, 0.3) is 11.1 Å². The van der Waals surface area contributed by atoms with E-state index in [1.807, 2.05) is 51.1 Å². The Morgan fingerprint density at radius 3 is 2.43 bits per heavy atom. The molecule has 0 bridgehead atoms. The standard InChI is InChI=1S/C29H31N3O4S/c1-5-6-10-25-26(32(4)22-9-7-8-19(2)17-22)27(33)28(29(34)31-25)37(35,36)23-13-11-21(12-14-23)24-15-16-30-18-20(24)3/h7-9,11-18H,5-6,10H2,1-4H3,(H2,31,33,34). The lowest BCUT2D eigenvalue weighted by Crippen LogP contribution is -2.24. The number of unbranched alkanes of at least 4 members (excludes halogenated alkanes) is 1. The number of sulfone groups is 1. The Bertz CT molecular complexity index is 1590. The molecule has 0 spiro atoms. The number of aromatic amines is 1. The van der Waals surface area contributed by atoms with Crippen molar-refractivity contribution in [1.82, 2.24) is 9.97 Å². The van der Waals surface area contributed by atoms with Gasteiger partial charge in [0.1, 0.15) is 5.69 Å². The van der Waals surface area contributed by atoms with Crippen molar-refractivity contribution in [1.29, 1.82) is 0 Å². The number of H-pyrrole nitrogens is 1. The number of hydrogen-bond acceptors (Lipinski definition) is 6. The quantitative estimate of drug-likeness (QED) is 0.311. The van der Waals surface area contributed by atoms with Gasteiger partial charge in [0, 0.05) is 30.8 Å². The van der Waals surface area contributed by atoms with Gasteiger partial charge < -0.3 is 15.0 Å². The summed E-state index contributed by atoms with van der Waals surface area (Å²) in [6, 6.07) is 15.8. The summed E-state index contributed by atoms with van der Waals surface area (Å²) in [4.78, 5) is 21.0. The number of aromatic nitrogens is 2. The van der Waals surface area contributed by atoms with Crippen LogP contribution in [0.5, 0.6) is 5.75 Å². The summed E-state index contributed by atoms with van der Waals surface area (Å²) in [6.45, 7) is 5.91. The van der Waals surface area contributed by atoms with E-state index in [0.29, 0.717) is 12.1 Å². The zero-order valence-electron chi connectivity index (χ0n) is 21.4. The minimum atomic E-state index is -4.33. The molecule has 2 aromatic heterocycles. The maximum atomic E-state index is 13.7. The third-order valence-corrected chi connectivity index (χ3v) is 8.27. The molecule has 7 nitrogen and oxygen atoms in total. The highest BCUT2D eigenvalue weighted by atomic mass is 32.2. The lowest BCUT2D eigenvalue weighted by atomic mass is 10.0. The topological polar surface area (TPSA) is 103 Å². The molecule has 0 unspecified atom stereocenters. The molecule has 0 aliphatic heterocycles. The first-order valence-electron chi connectivity index (χ1n) is 12.2. The number of pyridine rings is 2. The van der Waals surface area contributed by atoms with Crippen LogP contribution in [0.15, 0.2) is 81.6 Å². The first-order chi connectivity index (χ1) is 17.6. The summed E-state index contributed by atoms with van der Waals surface area (Å²) in [5.74, 6) is -0.548. The monoisotopic (exact) mass is 517 g/mol. The predicted molar refractivity (Wildman–Crippen MR) is 146 cm³/mol. The van der Waals surface area contributed by atoms with Gasteiger partial charge in [-0.05, 0) is 79.3 Å². The second-order valence-electron chi connectivity index (χ2n) is 9.18. The van der Waals surface area contributed by atoms with Crippen LogP contribution in [0, 0.1) is 13.8 Å². The first-order valence-corrected chi connectivity index (χ1v) is 13.7. The third kappa shape index (κ3) is 5.15. The molecule has 0 saturated heterocycles. The van der Waals surface area contributed by atoms with E-state index in [9.17, 15) is 18.3 Å². The SMILES string of the molecule is CCCCc1[nH]c(=O)c(S(=O)(=O)c2ccc(-c3ccncc3C)cc2)c(O)c1N(C)c1cccc(C)c1. The normalized spacial score (nSPS) is 11.5. The summed E-state index contributed by atoms with van der Waals surface area (Å²) in [7, 11) is -2.58. The summed E-state index contributed by atoms with van der Waals surface area (Å²) >= 11 is 0. The Kier molecular flexibility index (Phi) is 7.50. The van der Waals surface area contributed by atoms with Crippen LogP contribution in [0.4, 0.5) is 11.4 Å². The second kappa shape index (κ2) is 10.6. The Morgan fingerprint density at radius 1 is 1.05 bits per heavy atom. The first kappa shape index (κ1) is 26.2. The van der Waals surface area contributed by atoms with E-state index >= 15 is 0 Å². The van der Waals surface area contributed by atoms with Crippen molar-refractivity contribution in [3.8, 4) is 16.9 Å². The molecule has 4 rings (SSSR count). The largest absolute Gasteiger partial charge is 0.504 e. The van der Waals surface area contributed by atoms with Crippen molar-refractivity contribution in [2.45, 2.75) is 49.8 Å². The molecule has 0 amide bonds. The molecule has 2 N–H and O–H groups in total. The van der Waals surface area contributed by atoms with E-state index in [4.69, 9.17) is 0 Å². The van der Waals surface area contributed by atoms with Gasteiger partial charge in [0.25, 0.3) is 5.56 Å². The average molecular weight is 518 g/mol. The summed E-state index contributed by atoms with van der Waals surface area (Å²) < 4.78 is 27.3. The minimum absolute atomic E-state index is 0.0748. The van der Waals surface area contributed by atoms with Gasteiger partial charge in [-0.1, -0.05) is 37.6 Å². The summed E-state index contributed by atoms with van der Waals surface area (Å²) in [5, 5.41) is 11.4. The van der Waals surface area contributed by atoms with Gasteiger partial charge in [0.05, 0.1) is 4.90 Å². The van der Waals surface area contributed by atoms with Gasteiger partial charge in [0.15, 0.2) is 10.6 Å². The number of aryl methyl sites for hydroxylation is 3. The Hall–Kier alpha value is -3.91. The van der Waals surface area contributed by atoms with E-state index in [1.165, 1.54) is 12.1 Å². The summed E-state index contributed by atoms with van der Waals surface area (Å²) in [5.41, 5.74) is 4.44. The molecule has 0 saturated carbocycles. The van der Waals surface area contributed by atoms with Crippen LogP contribution in [0.2, 0.25) is 0 Å². The van der Waals surface area contributed by atoms with Gasteiger partial charge in [-0.25, -0.2) is 8.42 Å². The van der Waals surface area contributed by atoms with Crippen molar-refractivity contribution < 1.29 is 13.5 Å². The molecule has 0 radical (unpaired) electrons. The van der Waals surface area contributed by atoms with Crippen molar-refractivity contribution in [3.63, 3.8) is 0 Å². The lowest BCUT2D eigenvalue weighted by Gasteiger charge is -2.25. The van der Waals surface area contributed by atoms with Gasteiger partial charge in [-0.15, -0.1) is 0 Å². The van der Waals surface area contributed by atoms with Gasteiger partial charge in [-0.2, -0.15) is 0 Å². The van der Waals surface area contributed by atoms with Crippen LogP contribution in [-0.4, -0.2) is 30.5 Å². The number of aromatic hydroxyl groups is 1. The number of hydrogen-bond donors (Lipinski definition) is 2. The van der Waals surface area contributed by atoms with Gasteiger partial charge in [-0.3, -0.25) is 9.78 Å². The van der Waals surface area contributed by atoms with Crippen LogP contribution < -0.4 is 10.5 Å². The van der Waals surface area contributed by atoms with Crippen LogP contribution in [-0.2, 0) is 16.3 Å². The fourth-order valence-corrected chi connectivity index (χ4v) is 5.83. The van der Waals surface area contributed by atoms with Crippen molar-refractivity contribution >= 4 is 21.2 Å². The second-order valence-corrected chi connectivity index (χ2v) is 11.1. The highest BCUT2D eigenvalue weighted by molar-refractivity contribution is 7.91. The van der Waals surface area contributed by atoms with Crippen LogP contribution in [0.1, 0.15) is 36.6 Å². The summed E-state index contributed by atoms with van der Waals surface area (Å²) in [6.07, 6.45) is 5.55. The van der Waals surface area contributed by atoms with E-state index < -0.39 is 26.0 Å². The molecule has 2 heterocycles. The van der Waals surface area contributed by atoms with Gasteiger partial charge >= 0.3 is 0 Å². The van der Waals surface area contributed by atoms with E-state index in [-0.39, 0.29) is 10.6 Å². The van der Waals surface area contributed by atoms with Crippen molar-refractivity contribution in [2.75, 3.05) is 11.9 Å². The molecule has 192 valence electrons. The van der Waals surface area contributed by atoms with E-state index in [1.54, 1.807) is 36.5 Å². The van der Waals surface area contributed by atoms with Crippen LogP contribution >= 0.6 is 0 Å². The van der Waals surface area contributed by atoms with E-state index in [0.717, 1.165) is 40.8 Å². The van der Waals surface area contributed by atoms with Crippen LogP contribution in [0.3, 0.4) is 0 Å². The zero-order chi connectivity index (χ0) is 26.7. The Morgan fingerprint density at radius 2 is 1.78 bits per heavy atom. The molecular weight excluding hydrogens is 486 g/mol. The molecule has 0 atom stereocenters. The minimum Gasteiger partial charge on any atom is -0.504 e. The predicted octanol–water partition coefficient (Wildman–Crippen LogP) is 5.70. The highest BCUT2D eigenvalue weighted by Gasteiger charge is 2.31. The number of rotatable bonds is 8. The molecule has 8 heteroatoms. The smallest absolute Gasteiger partial charge is 0.271 e. The number of nitrogens with zero attached hydrogens (tertiary/aromatic N) is 2. The Balaban J connectivity index is 1.85. The number of nitrogens with one attached hydrogen (secondary N) is 1. The molecule has 2 aromatic carbocycles. The van der Waals surface area contributed by atoms with E-state index in [2.05, 4.69) is 9.97 Å². The molecule has 0 fully saturated rings. The fraction of sp³-hybridized carbons (Fsp3) is 0.241. The number of benzene rings is 2. The maximum Gasteiger partial charge on any atom is 0.271 e. The maximum absolute atomic E-state index is 13.7. The molecular formula is C29H31N3O4S. The fourth-order valence-electron chi connectivity index (χ4n) is 4.45. The Labute approximate surface area is 217 Å². The molecule has 37 heavy (non-hydrogen) atoms. The highest BCUT2D eigenvalue weighted by Crippen LogP contribution is 2.39. The molecule has 4 aromatic rings. The van der Waals surface area contributed by atoms with Crippen molar-refractivity contribution in [3.05, 3.63) is 94.2 Å². The van der Waals surface area contributed by atoms with Gasteiger partial charge in [0.2, 0.25) is 9.84 Å².